The summed E-state index contributed by atoms with van der Waals surface area (Å²) < 4.78 is 0. The largest absolute Gasteiger partial charge is 0.375 e. The number of rotatable bonds is 7. The first kappa shape index (κ1) is 20.9. The van der Waals surface area contributed by atoms with E-state index in [1.165, 1.54) is 18.3 Å². The summed E-state index contributed by atoms with van der Waals surface area (Å²) >= 11 is 1.43. The third-order valence-electron chi connectivity index (χ3n) is 3.25. The molecule has 9 heteroatoms. The van der Waals surface area contributed by atoms with Gasteiger partial charge in [0.1, 0.15) is 0 Å². The van der Waals surface area contributed by atoms with Gasteiger partial charge in [-0.15, -0.1) is 23.7 Å². The first-order chi connectivity index (χ1) is 11.5. The molecule has 1 heterocycles. The number of hydrogen-bond acceptors (Lipinski definition) is 6. The lowest BCUT2D eigenvalue weighted by Crippen LogP contribution is -2.32. The molecule has 0 aliphatic carbocycles. The number of amides is 2. The summed E-state index contributed by atoms with van der Waals surface area (Å²) in [6.45, 7) is 5.11. The predicted octanol–water partition coefficient (Wildman–Crippen LogP) is 2.57. The van der Waals surface area contributed by atoms with E-state index in [0.29, 0.717) is 23.1 Å². The van der Waals surface area contributed by atoms with Gasteiger partial charge >= 0.3 is 0 Å². The van der Waals surface area contributed by atoms with E-state index in [4.69, 9.17) is 5.73 Å². The van der Waals surface area contributed by atoms with E-state index in [9.17, 15) is 9.59 Å². The van der Waals surface area contributed by atoms with E-state index >= 15 is 0 Å². The Balaban J connectivity index is 0.00000312. The van der Waals surface area contributed by atoms with E-state index < -0.39 is 0 Å². The van der Waals surface area contributed by atoms with Crippen molar-refractivity contribution in [1.82, 2.24) is 9.88 Å². The van der Waals surface area contributed by atoms with Crippen molar-refractivity contribution >= 4 is 52.1 Å². The average Bonchev–Trinajstić information content (AvgIpc) is 2.93. The maximum atomic E-state index is 12.2. The summed E-state index contributed by atoms with van der Waals surface area (Å²) in [5.41, 5.74) is 7.01. The lowest BCUT2D eigenvalue weighted by atomic mass is 10.2. The van der Waals surface area contributed by atoms with Gasteiger partial charge in [0.2, 0.25) is 11.8 Å². The highest BCUT2D eigenvalue weighted by atomic mass is 35.5. The van der Waals surface area contributed by atoms with Gasteiger partial charge in [-0.3, -0.25) is 14.5 Å². The van der Waals surface area contributed by atoms with Crippen LogP contribution in [0.15, 0.2) is 30.5 Å². The van der Waals surface area contributed by atoms with Crippen molar-refractivity contribution in [3.63, 3.8) is 0 Å². The van der Waals surface area contributed by atoms with Gasteiger partial charge < -0.3 is 16.4 Å². The van der Waals surface area contributed by atoms with E-state index in [2.05, 4.69) is 15.6 Å². The monoisotopic (exact) mass is 383 g/mol. The Bertz CT molecular complexity index is 705. The summed E-state index contributed by atoms with van der Waals surface area (Å²) in [7, 11) is 0. The molecule has 0 aliphatic heterocycles. The van der Waals surface area contributed by atoms with Crippen molar-refractivity contribution in [2.45, 2.75) is 20.4 Å². The molecule has 0 bridgehead atoms. The maximum Gasteiger partial charge on any atom is 0.238 e. The quantitative estimate of drug-likeness (QED) is 0.682. The summed E-state index contributed by atoms with van der Waals surface area (Å²) in [4.78, 5) is 30.2. The highest BCUT2D eigenvalue weighted by Crippen LogP contribution is 2.17. The van der Waals surface area contributed by atoms with E-state index in [1.54, 1.807) is 30.5 Å². The Morgan fingerprint density at radius 1 is 1.20 bits per heavy atom. The van der Waals surface area contributed by atoms with Gasteiger partial charge in [0, 0.05) is 35.9 Å². The van der Waals surface area contributed by atoms with Gasteiger partial charge in [0.05, 0.1) is 6.54 Å². The number of nitrogens with one attached hydrogen (secondary N) is 2. The molecule has 2 rings (SSSR count). The molecule has 0 radical (unpaired) electrons. The van der Waals surface area contributed by atoms with Crippen LogP contribution in [-0.4, -0.2) is 34.8 Å². The third-order valence-corrected chi connectivity index (χ3v) is 4.07. The van der Waals surface area contributed by atoms with Crippen LogP contribution in [0.5, 0.6) is 0 Å². The number of hydrogen-bond donors (Lipinski definition) is 3. The Morgan fingerprint density at radius 2 is 1.80 bits per heavy atom. The molecule has 0 saturated heterocycles. The van der Waals surface area contributed by atoms with Crippen LogP contribution in [0.1, 0.15) is 18.7 Å². The molecule has 1 aromatic carbocycles. The molecule has 0 unspecified atom stereocenters. The second-order valence-electron chi connectivity index (χ2n) is 5.27. The van der Waals surface area contributed by atoms with Gasteiger partial charge in [-0.25, -0.2) is 4.98 Å². The number of likely N-dealkylation sites (N-methyl/N-ethyl adjacent to an activating group) is 1. The number of carbonyl (C=O) groups excluding carboxylic acids is 2. The zero-order valence-electron chi connectivity index (χ0n) is 14.1. The van der Waals surface area contributed by atoms with Gasteiger partial charge in [-0.05, 0) is 30.8 Å². The zero-order valence-corrected chi connectivity index (χ0v) is 15.7. The first-order valence-corrected chi connectivity index (χ1v) is 8.38. The highest BCUT2D eigenvalue weighted by molar-refractivity contribution is 7.15. The zero-order chi connectivity index (χ0) is 17.5. The highest BCUT2D eigenvalue weighted by Gasteiger charge is 2.11. The van der Waals surface area contributed by atoms with E-state index in [0.717, 1.165) is 11.4 Å². The van der Waals surface area contributed by atoms with Gasteiger partial charge in [0.25, 0.3) is 0 Å². The van der Waals surface area contributed by atoms with Gasteiger partial charge in [-0.1, -0.05) is 6.92 Å². The molecular formula is C16H22ClN5O2S. The Kier molecular flexibility index (Phi) is 8.33. The van der Waals surface area contributed by atoms with Crippen molar-refractivity contribution in [3.8, 4) is 0 Å². The number of anilines is 3. The van der Waals surface area contributed by atoms with Crippen LogP contribution < -0.4 is 16.4 Å². The summed E-state index contributed by atoms with van der Waals surface area (Å²) in [5, 5.41) is 6.06. The number of benzene rings is 1. The summed E-state index contributed by atoms with van der Waals surface area (Å²) in [6, 6.07) is 7.00. The number of carbonyl (C=O) groups is 2. The van der Waals surface area contributed by atoms with E-state index in [1.807, 2.05) is 11.8 Å². The van der Waals surface area contributed by atoms with Crippen molar-refractivity contribution < 1.29 is 9.59 Å². The fraction of sp³-hybridized carbons (Fsp3) is 0.312. The molecule has 0 fully saturated rings. The standard InChI is InChI=1S/C16H21N5O2S.ClH/c1-3-21(9-14-8-18-16(17)24-14)10-15(23)20-13-6-4-12(5-7-13)19-11(2)22;/h4-8H,3,9-10H2,1-2H3,(H2,17,18)(H,19,22)(H,20,23);1H. The fourth-order valence-corrected chi connectivity index (χ4v) is 2.87. The van der Waals surface area contributed by atoms with E-state index in [-0.39, 0.29) is 30.8 Å². The summed E-state index contributed by atoms with van der Waals surface area (Å²) in [5.74, 6) is -0.226. The molecule has 136 valence electrons. The van der Waals surface area contributed by atoms with Crippen molar-refractivity contribution in [2.75, 3.05) is 29.5 Å². The second kappa shape index (κ2) is 9.97. The van der Waals surface area contributed by atoms with Gasteiger partial charge in [0.15, 0.2) is 5.13 Å². The first-order valence-electron chi connectivity index (χ1n) is 7.56. The predicted molar refractivity (Wildman–Crippen MR) is 104 cm³/mol. The van der Waals surface area contributed by atoms with Crippen LogP contribution in [-0.2, 0) is 16.1 Å². The minimum Gasteiger partial charge on any atom is -0.375 e. The SMILES string of the molecule is CCN(CC(=O)Nc1ccc(NC(C)=O)cc1)Cc1cnc(N)s1.Cl. The smallest absolute Gasteiger partial charge is 0.238 e. The van der Waals surface area contributed by atoms with Crippen LogP contribution in [0.3, 0.4) is 0 Å². The molecular weight excluding hydrogens is 362 g/mol. The lowest BCUT2D eigenvalue weighted by molar-refractivity contribution is -0.117. The van der Waals surface area contributed by atoms with Crippen LogP contribution in [0, 0.1) is 0 Å². The molecule has 25 heavy (non-hydrogen) atoms. The molecule has 0 saturated carbocycles. The second-order valence-corrected chi connectivity index (χ2v) is 6.42. The van der Waals surface area contributed by atoms with Crippen molar-refractivity contribution in [2.24, 2.45) is 0 Å². The summed E-state index contributed by atoms with van der Waals surface area (Å²) in [6.07, 6.45) is 1.74. The number of aromatic nitrogens is 1. The number of nitrogens with zero attached hydrogens (tertiary/aromatic N) is 2. The Morgan fingerprint density at radius 3 is 2.28 bits per heavy atom. The molecule has 2 aromatic rings. The normalized spacial score (nSPS) is 10.2. The van der Waals surface area contributed by atoms with Crippen molar-refractivity contribution in [3.05, 3.63) is 35.3 Å². The van der Waals surface area contributed by atoms with Crippen molar-refractivity contribution in [1.29, 1.82) is 0 Å². The molecule has 2 amide bonds. The maximum absolute atomic E-state index is 12.2. The van der Waals surface area contributed by atoms with Crippen LogP contribution >= 0.6 is 23.7 Å². The Labute approximate surface area is 157 Å². The van der Waals surface area contributed by atoms with Crippen LogP contribution in [0.4, 0.5) is 16.5 Å². The molecule has 1 aromatic heterocycles. The van der Waals surface area contributed by atoms with Crippen LogP contribution in [0.25, 0.3) is 0 Å². The molecule has 7 nitrogen and oxygen atoms in total. The number of nitrogens with two attached hydrogens (primary N) is 1. The molecule has 0 spiro atoms. The molecule has 4 N–H and O–H groups in total. The molecule has 0 aliphatic rings. The number of nitrogen functional groups attached to an aromatic ring is 1. The Hall–Kier alpha value is -2.16. The minimum absolute atomic E-state index is 0. The lowest BCUT2D eigenvalue weighted by Gasteiger charge is -2.18. The van der Waals surface area contributed by atoms with Crippen LogP contribution in [0.2, 0.25) is 0 Å². The molecule has 0 atom stereocenters. The minimum atomic E-state index is -0.130. The number of halogens is 1. The fourth-order valence-electron chi connectivity index (χ4n) is 2.14. The van der Waals surface area contributed by atoms with Gasteiger partial charge in [-0.2, -0.15) is 0 Å². The topological polar surface area (TPSA) is 100 Å². The average molecular weight is 384 g/mol. The third kappa shape index (κ3) is 7.08. The number of thiazole rings is 1.